The minimum atomic E-state index is -0.0442. The van der Waals surface area contributed by atoms with E-state index in [9.17, 15) is 4.79 Å². The molecule has 6 heteroatoms. The zero-order valence-corrected chi connectivity index (χ0v) is 13.9. The van der Waals surface area contributed by atoms with Crippen LogP contribution in [-0.2, 0) is 11.3 Å². The van der Waals surface area contributed by atoms with Crippen molar-refractivity contribution in [2.24, 2.45) is 5.92 Å². The van der Waals surface area contributed by atoms with Crippen LogP contribution < -0.4 is 5.32 Å². The highest BCUT2D eigenvalue weighted by atomic mass is 35.5. The Bertz CT molecular complexity index is 467. The van der Waals surface area contributed by atoms with Crippen LogP contribution in [0.1, 0.15) is 19.4 Å². The lowest BCUT2D eigenvalue weighted by Crippen LogP contribution is -2.39. The van der Waals surface area contributed by atoms with Gasteiger partial charge in [-0.1, -0.05) is 43.1 Å². The van der Waals surface area contributed by atoms with Gasteiger partial charge in [0.15, 0.2) is 0 Å². The Morgan fingerprint density at radius 3 is 2.62 bits per heavy atom. The van der Waals surface area contributed by atoms with Crippen molar-refractivity contribution in [1.82, 2.24) is 10.2 Å². The molecule has 0 aliphatic heterocycles. The largest absolute Gasteiger partial charge is 0.395 e. The molecule has 0 bridgehead atoms. The zero-order chi connectivity index (χ0) is 15.8. The van der Waals surface area contributed by atoms with Crippen molar-refractivity contribution in [2.75, 3.05) is 26.2 Å². The van der Waals surface area contributed by atoms with E-state index < -0.39 is 0 Å². The fraction of sp³-hybridized carbons (Fsp3) is 0.533. The Morgan fingerprint density at radius 2 is 2.05 bits per heavy atom. The molecule has 1 aromatic rings. The van der Waals surface area contributed by atoms with Gasteiger partial charge < -0.3 is 10.4 Å². The number of carbonyl (C=O) groups excluding carboxylic acids is 1. The molecule has 0 radical (unpaired) electrons. The normalized spacial score (nSPS) is 11.2. The van der Waals surface area contributed by atoms with E-state index in [-0.39, 0.29) is 19.1 Å². The maximum Gasteiger partial charge on any atom is 0.234 e. The van der Waals surface area contributed by atoms with Crippen LogP contribution >= 0.6 is 23.2 Å². The molecular formula is C15H22Cl2N2O2. The molecule has 1 aromatic carbocycles. The summed E-state index contributed by atoms with van der Waals surface area (Å²) in [6, 6.07) is 5.38. The minimum absolute atomic E-state index is 0.00121. The first-order chi connectivity index (χ1) is 9.92. The van der Waals surface area contributed by atoms with Crippen LogP contribution in [0.25, 0.3) is 0 Å². The van der Waals surface area contributed by atoms with Gasteiger partial charge in [0.1, 0.15) is 0 Å². The second-order valence-electron chi connectivity index (χ2n) is 5.38. The minimum Gasteiger partial charge on any atom is -0.395 e. The number of nitrogens with zero attached hydrogens (tertiary/aromatic N) is 1. The summed E-state index contributed by atoms with van der Waals surface area (Å²) in [6.07, 6.45) is 0. The number of carbonyl (C=O) groups is 1. The van der Waals surface area contributed by atoms with E-state index in [4.69, 9.17) is 28.3 Å². The van der Waals surface area contributed by atoms with E-state index in [2.05, 4.69) is 5.32 Å². The number of halogens is 2. The standard InChI is InChI=1S/C15H22Cl2N2O2/c1-11(2)8-18-15(21)10-19(5-6-20)9-12-3-4-13(16)14(17)7-12/h3-4,7,11,20H,5-6,8-10H2,1-2H3,(H,18,21). The van der Waals surface area contributed by atoms with Crippen molar-refractivity contribution in [1.29, 1.82) is 0 Å². The lowest BCUT2D eigenvalue weighted by Gasteiger charge is -2.21. The molecule has 0 saturated heterocycles. The number of aliphatic hydroxyl groups excluding tert-OH is 1. The number of rotatable bonds is 8. The van der Waals surface area contributed by atoms with E-state index in [0.717, 1.165) is 5.56 Å². The number of benzene rings is 1. The summed E-state index contributed by atoms with van der Waals surface area (Å²) in [4.78, 5) is 13.7. The SMILES string of the molecule is CC(C)CNC(=O)CN(CCO)Cc1ccc(Cl)c(Cl)c1. The first-order valence-corrected chi connectivity index (χ1v) is 7.71. The highest BCUT2D eigenvalue weighted by Gasteiger charge is 2.12. The Morgan fingerprint density at radius 1 is 1.33 bits per heavy atom. The summed E-state index contributed by atoms with van der Waals surface area (Å²) in [6.45, 7) is 5.94. The first kappa shape index (κ1) is 18.2. The molecule has 0 aliphatic carbocycles. The van der Waals surface area contributed by atoms with E-state index in [1.165, 1.54) is 0 Å². The van der Waals surface area contributed by atoms with E-state index in [0.29, 0.717) is 35.6 Å². The highest BCUT2D eigenvalue weighted by Crippen LogP contribution is 2.23. The molecule has 0 spiro atoms. The molecule has 0 heterocycles. The molecule has 0 saturated carbocycles. The molecule has 0 atom stereocenters. The van der Waals surface area contributed by atoms with Gasteiger partial charge in [0.25, 0.3) is 0 Å². The summed E-state index contributed by atoms with van der Waals surface area (Å²) in [5.41, 5.74) is 0.953. The van der Waals surface area contributed by atoms with E-state index in [1.807, 2.05) is 24.8 Å². The zero-order valence-electron chi connectivity index (χ0n) is 12.4. The van der Waals surface area contributed by atoms with Crippen molar-refractivity contribution >= 4 is 29.1 Å². The predicted octanol–water partition coefficient (Wildman–Crippen LogP) is 2.56. The second-order valence-corrected chi connectivity index (χ2v) is 6.20. The summed E-state index contributed by atoms with van der Waals surface area (Å²) in [5, 5.41) is 13.0. The molecule has 2 N–H and O–H groups in total. The van der Waals surface area contributed by atoms with Gasteiger partial charge in [-0.2, -0.15) is 0 Å². The van der Waals surface area contributed by atoms with E-state index in [1.54, 1.807) is 12.1 Å². The van der Waals surface area contributed by atoms with Crippen LogP contribution in [0, 0.1) is 5.92 Å². The van der Waals surface area contributed by atoms with Crippen molar-refractivity contribution in [3.63, 3.8) is 0 Å². The number of aliphatic hydroxyl groups is 1. The summed E-state index contributed by atoms with van der Waals surface area (Å²) in [5.74, 6) is 0.368. The summed E-state index contributed by atoms with van der Waals surface area (Å²) >= 11 is 11.9. The maximum atomic E-state index is 11.9. The van der Waals surface area contributed by atoms with Gasteiger partial charge in [-0.15, -0.1) is 0 Å². The number of hydrogen-bond acceptors (Lipinski definition) is 3. The van der Waals surface area contributed by atoms with Crippen LogP contribution in [0.2, 0.25) is 10.0 Å². The second kappa shape index (κ2) is 9.26. The third-order valence-corrected chi connectivity index (χ3v) is 3.62. The van der Waals surface area contributed by atoms with Crippen LogP contribution in [0.5, 0.6) is 0 Å². The summed E-state index contributed by atoms with van der Waals surface area (Å²) in [7, 11) is 0. The van der Waals surface area contributed by atoms with Crippen molar-refractivity contribution < 1.29 is 9.90 Å². The van der Waals surface area contributed by atoms with Gasteiger partial charge in [-0.05, 0) is 23.6 Å². The lowest BCUT2D eigenvalue weighted by molar-refractivity contribution is -0.122. The molecule has 21 heavy (non-hydrogen) atoms. The van der Waals surface area contributed by atoms with Crippen LogP contribution in [0.4, 0.5) is 0 Å². The summed E-state index contributed by atoms with van der Waals surface area (Å²) < 4.78 is 0. The Hall–Kier alpha value is -0.810. The molecule has 4 nitrogen and oxygen atoms in total. The van der Waals surface area contributed by atoms with Gasteiger partial charge >= 0.3 is 0 Å². The Labute approximate surface area is 136 Å². The van der Waals surface area contributed by atoms with Crippen molar-refractivity contribution in [3.8, 4) is 0 Å². The average molecular weight is 333 g/mol. The topological polar surface area (TPSA) is 52.6 Å². The fourth-order valence-corrected chi connectivity index (χ4v) is 2.15. The van der Waals surface area contributed by atoms with Crippen LogP contribution in [0.3, 0.4) is 0 Å². The molecule has 118 valence electrons. The van der Waals surface area contributed by atoms with Gasteiger partial charge in [-0.25, -0.2) is 0 Å². The highest BCUT2D eigenvalue weighted by molar-refractivity contribution is 6.42. The van der Waals surface area contributed by atoms with Gasteiger partial charge in [0.2, 0.25) is 5.91 Å². The van der Waals surface area contributed by atoms with E-state index >= 15 is 0 Å². The Kier molecular flexibility index (Phi) is 8.04. The fourth-order valence-electron chi connectivity index (χ4n) is 1.83. The first-order valence-electron chi connectivity index (χ1n) is 6.96. The molecule has 0 fully saturated rings. The molecular weight excluding hydrogens is 311 g/mol. The smallest absolute Gasteiger partial charge is 0.234 e. The molecule has 1 rings (SSSR count). The quantitative estimate of drug-likeness (QED) is 0.769. The maximum absolute atomic E-state index is 11.9. The lowest BCUT2D eigenvalue weighted by atomic mass is 10.2. The average Bonchev–Trinajstić information content (AvgIpc) is 2.41. The van der Waals surface area contributed by atoms with Gasteiger partial charge in [0.05, 0.1) is 23.2 Å². The Balaban J connectivity index is 2.60. The number of nitrogens with one attached hydrogen (secondary N) is 1. The van der Waals surface area contributed by atoms with Crippen LogP contribution in [0.15, 0.2) is 18.2 Å². The van der Waals surface area contributed by atoms with Gasteiger partial charge in [-0.3, -0.25) is 9.69 Å². The number of hydrogen-bond donors (Lipinski definition) is 2. The van der Waals surface area contributed by atoms with Crippen molar-refractivity contribution in [2.45, 2.75) is 20.4 Å². The third-order valence-electron chi connectivity index (χ3n) is 2.88. The predicted molar refractivity (Wildman–Crippen MR) is 86.7 cm³/mol. The monoisotopic (exact) mass is 332 g/mol. The third kappa shape index (κ3) is 7.14. The van der Waals surface area contributed by atoms with Crippen LogP contribution in [-0.4, -0.2) is 42.2 Å². The molecule has 0 aromatic heterocycles. The molecule has 1 amide bonds. The van der Waals surface area contributed by atoms with Crippen molar-refractivity contribution in [3.05, 3.63) is 33.8 Å². The number of amides is 1. The van der Waals surface area contributed by atoms with Gasteiger partial charge in [0, 0.05) is 19.6 Å². The molecule has 0 unspecified atom stereocenters. The molecule has 0 aliphatic rings.